The molecule has 0 radical (unpaired) electrons. The van der Waals surface area contributed by atoms with E-state index in [1.807, 2.05) is 0 Å². The van der Waals surface area contributed by atoms with Crippen LogP contribution in [0.15, 0.2) is 35.2 Å². The van der Waals surface area contributed by atoms with Crippen molar-refractivity contribution in [1.82, 2.24) is 9.97 Å². The van der Waals surface area contributed by atoms with Gasteiger partial charge in [-0.3, -0.25) is 9.11 Å². The number of aromatic nitrogens is 2. The molecule has 0 atom stereocenters. The zero-order valence-corrected chi connectivity index (χ0v) is 17.2. The Bertz CT molecular complexity index is 1060. The Morgan fingerprint density at radius 2 is 1.21 bits per heavy atom. The van der Waals surface area contributed by atoms with Gasteiger partial charge in [0.25, 0.3) is 10.0 Å². The molecule has 0 saturated heterocycles. The third-order valence-corrected chi connectivity index (χ3v) is 3.74. The summed E-state index contributed by atoms with van der Waals surface area (Å²) in [6.07, 6.45) is 0. The Balaban J connectivity index is 0.000000653. The van der Waals surface area contributed by atoms with Gasteiger partial charge in [-0.15, -0.1) is 0 Å². The first-order valence-electron chi connectivity index (χ1n) is 6.94. The SMILES string of the molecule is Cc1cc(C)nc(NS(=O)(=O)c2ccc(N)cc2)n1.O=S(=O)([O-])O.O=S(=O)([O-])O. The molecule has 2 rings (SSSR count). The minimum absolute atomic E-state index is 0.0642. The number of nitrogens with two attached hydrogens (primary N) is 1. The maximum absolute atomic E-state index is 12.1. The van der Waals surface area contributed by atoms with Crippen molar-refractivity contribution in [3.63, 3.8) is 0 Å². The third-order valence-electron chi connectivity index (χ3n) is 2.40. The number of aryl methyl sites for hydroxylation is 2. The number of rotatable bonds is 3. The molecule has 5 N–H and O–H groups in total. The molecule has 17 heteroatoms. The molecular formula is C12H16N4O10S3-2. The van der Waals surface area contributed by atoms with Crippen LogP contribution < -0.4 is 10.5 Å². The van der Waals surface area contributed by atoms with Gasteiger partial charge in [0.15, 0.2) is 0 Å². The maximum Gasteiger partial charge on any atom is 0.264 e. The summed E-state index contributed by atoms with van der Waals surface area (Å²) < 4.78 is 92.2. The lowest BCUT2D eigenvalue weighted by Crippen LogP contribution is -2.15. The van der Waals surface area contributed by atoms with Crippen LogP contribution in [0.5, 0.6) is 0 Å². The standard InChI is InChI=1S/C12H14N4O2S.2H2O4S/c1-8-7-9(2)15-12(14-8)16-19(17,18)11-5-3-10(13)4-6-11;2*1-5(2,3)4/h3-7H,13H2,1-2H3,(H,14,15,16);2*(H2,1,2,3,4)/p-2. The maximum atomic E-state index is 12.1. The quantitative estimate of drug-likeness (QED) is 0.249. The Kier molecular flexibility index (Phi) is 9.53. The first kappa shape index (κ1) is 26.6. The Hall–Kier alpha value is -2.41. The van der Waals surface area contributed by atoms with Gasteiger partial charge in [-0.25, -0.2) is 39.9 Å². The second kappa shape index (κ2) is 10.4. The summed E-state index contributed by atoms with van der Waals surface area (Å²) >= 11 is 0. The van der Waals surface area contributed by atoms with Gasteiger partial charge < -0.3 is 14.8 Å². The largest absolute Gasteiger partial charge is 0.726 e. The molecule has 0 bridgehead atoms. The summed E-state index contributed by atoms with van der Waals surface area (Å²) in [4.78, 5) is 8.19. The van der Waals surface area contributed by atoms with Crippen LogP contribution in [0, 0.1) is 13.8 Å². The molecule has 1 heterocycles. The van der Waals surface area contributed by atoms with Gasteiger partial charge in [0.2, 0.25) is 26.7 Å². The van der Waals surface area contributed by atoms with Gasteiger partial charge in [0, 0.05) is 17.1 Å². The number of hydrogen-bond acceptors (Lipinski definition) is 11. The second-order valence-corrected chi connectivity index (χ2v) is 8.40. The number of anilines is 2. The first-order valence-corrected chi connectivity index (χ1v) is 11.2. The van der Waals surface area contributed by atoms with E-state index in [-0.39, 0.29) is 10.8 Å². The van der Waals surface area contributed by atoms with Crippen molar-refractivity contribution in [2.45, 2.75) is 18.7 Å². The van der Waals surface area contributed by atoms with Gasteiger partial charge in [0.1, 0.15) is 0 Å². The van der Waals surface area contributed by atoms with Crippen LogP contribution in [0.2, 0.25) is 0 Å². The monoisotopic (exact) mass is 472 g/mol. The first-order chi connectivity index (χ1) is 12.9. The lowest BCUT2D eigenvalue weighted by atomic mass is 10.3. The molecule has 2 aromatic rings. The van der Waals surface area contributed by atoms with E-state index in [1.54, 1.807) is 19.9 Å². The van der Waals surface area contributed by atoms with E-state index >= 15 is 0 Å². The third kappa shape index (κ3) is 15.2. The molecule has 0 unspecified atom stereocenters. The second-order valence-electron chi connectivity index (χ2n) is 5.00. The fourth-order valence-electron chi connectivity index (χ4n) is 1.60. The van der Waals surface area contributed by atoms with E-state index in [1.165, 1.54) is 24.3 Å². The zero-order valence-electron chi connectivity index (χ0n) is 14.7. The van der Waals surface area contributed by atoms with Gasteiger partial charge in [-0.1, -0.05) is 0 Å². The van der Waals surface area contributed by atoms with Crippen LogP contribution in [-0.2, 0) is 30.8 Å². The molecule has 0 fully saturated rings. The van der Waals surface area contributed by atoms with Crippen molar-refractivity contribution in [1.29, 1.82) is 0 Å². The van der Waals surface area contributed by atoms with Gasteiger partial charge >= 0.3 is 0 Å². The topological polar surface area (TPSA) is 253 Å². The minimum Gasteiger partial charge on any atom is -0.726 e. The lowest BCUT2D eigenvalue weighted by molar-refractivity contribution is 0.363. The van der Waals surface area contributed by atoms with E-state index < -0.39 is 30.8 Å². The normalized spacial score (nSPS) is 11.4. The minimum atomic E-state index is -4.92. The van der Waals surface area contributed by atoms with Crippen LogP contribution in [0.1, 0.15) is 11.4 Å². The zero-order chi connectivity index (χ0) is 23.0. The predicted molar refractivity (Wildman–Crippen MR) is 97.8 cm³/mol. The van der Waals surface area contributed by atoms with Crippen molar-refractivity contribution < 1.29 is 43.5 Å². The van der Waals surface area contributed by atoms with E-state index in [2.05, 4.69) is 14.7 Å². The van der Waals surface area contributed by atoms with Crippen molar-refractivity contribution in [3.05, 3.63) is 41.7 Å². The smallest absolute Gasteiger partial charge is 0.264 e. The van der Waals surface area contributed by atoms with Gasteiger partial charge in [-0.05, 0) is 44.2 Å². The average molecular weight is 472 g/mol. The Labute approximate surface area is 167 Å². The van der Waals surface area contributed by atoms with Crippen LogP contribution in [0.25, 0.3) is 0 Å². The molecule has 1 aromatic heterocycles. The summed E-state index contributed by atoms with van der Waals surface area (Å²) in [5.41, 5.74) is 7.42. The molecule has 29 heavy (non-hydrogen) atoms. The van der Waals surface area contributed by atoms with Crippen molar-refractivity contribution in [2.24, 2.45) is 0 Å². The van der Waals surface area contributed by atoms with Crippen molar-refractivity contribution in [3.8, 4) is 0 Å². The summed E-state index contributed by atoms with van der Waals surface area (Å²) in [5.74, 6) is 0.0642. The number of nitrogen functional groups attached to an aromatic ring is 1. The molecule has 1 aromatic carbocycles. The number of hydrogen-bond donors (Lipinski definition) is 4. The molecule has 0 aliphatic heterocycles. The number of sulfonamides is 1. The number of benzene rings is 1. The van der Waals surface area contributed by atoms with E-state index in [4.69, 9.17) is 40.8 Å². The van der Waals surface area contributed by atoms with Gasteiger partial charge in [-0.2, -0.15) is 0 Å². The highest BCUT2D eigenvalue weighted by Gasteiger charge is 2.15. The Morgan fingerprint density at radius 1 is 0.862 bits per heavy atom. The fraction of sp³-hybridized carbons (Fsp3) is 0.167. The number of nitrogens with one attached hydrogen (secondary N) is 1. The van der Waals surface area contributed by atoms with E-state index in [0.29, 0.717) is 17.1 Å². The molecule has 0 saturated carbocycles. The fourth-order valence-corrected chi connectivity index (χ4v) is 2.54. The van der Waals surface area contributed by atoms with E-state index in [9.17, 15) is 8.42 Å². The molecule has 164 valence electrons. The molecule has 14 nitrogen and oxygen atoms in total. The molecule has 0 amide bonds. The molecule has 0 aliphatic rings. The van der Waals surface area contributed by atoms with Crippen molar-refractivity contribution >= 4 is 42.5 Å². The summed E-state index contributed by atoms with van der Waals surface area (Å²) in [6.45, 7) is 3.55. The van der Waals surface area contributed by atoms with Crippen molar-refractivity contribution in [2.75, 3.05) is 10.5 Å². The summed E-state index contributed by atoms with van der Waals surface area (Å²) in [7, 11) is -13.5. The van der Waals surface area contributed by atoms with Crippen LogP contribution in [0.4, 0.5) is 11.6 Å². The highest BCUT2D eigenvalue weighted by Crippen LogP contribution is 2.15. The molecular weight excluding hydrogens is 456 g/mol. The van der Waals surface area contributed by atoms with Gasteiger partial charge in [0.05, 0.1) is 4.90 Å². The lowest BCUT2D eigenvalue weighted by Gasteiger charge is -2.08. The predicted octanol–water partition coefficient (Wildman–Crippen LogP) is -0.514. The molecule has 0 aliphatic carbocycles. The number of nitrogens with zero attached hydrogens (tertiary/aromatic N) is 2. The summed E-state index contributed by atoms with van der Waals surface area (Å²) in [5, 5.41) is 0. The average Bonchev–Trinajstić information content (AvgIpc) is 2.42. The summed E-state index contributed by atoms with van der Waals surface area (Å²) in [6, 6.07) is 7.68. The van der Waals surface area contributed by atoms with Crippen LogP contribution in [0.3, 0.4) is 0 Å². The van der Waals surface area contributed by atoms with Crippen LogP contribution >= 0.6 is 0 Å². The highest BCUT2D eigenvalue weighted by molar-refractivity contribution is 7.92. The van der Waals surface area contributed by atoms with E-state index in [0.717, 1.165) is 0 Å². The molecule has 0 spiro atoms. The van der Waals surface area contributed by atoms with Crippen LogP contribution in [-0.4, -0.2) is 53.4 Å². The Morgan fingerprint density at radius 3 is 1.55 bits per heavy atom. The highest BCUT2D eigenvalue weighted by atomic mass is 32.3.